The van der Waals surface area contributed by atoms with Crippen LogP contribution in [0.1, 0.15) is 46.2 Å². The summed E-state index contributed by atoms with van der Waals surface area (Å²) in [5.41, 5.74) is 7.10. The molecule has 1 atom stereocenters. The van der Waals surface area contributed by atoms with Gasteiger partial charge in [0.15, 0.2) is 5.75 Å². The van der Waals surface area contributed by atoms with E-state index >= 15 is 0 Å². The number of hydrogen-bond acceptors (Lipinski definition) is 5. The van der Waals surface area contributed by atoms with E-state index in [4.69, 9.17) is 15.2 Å². The van der Waals surface area contributed by atoms with E-state index in [0.717, 1.165) is 16.6 Å². The zero-order valence-electron chi connectivity index (χ0n) is 15.2. The number of carbonyl (C=O) groups excluding carboxylic acids is 2. The van der Waals surface area contributed by atoms with Gasteiger partial charge in [-0.15, -0.1) is 0 Å². The molecule has 6 nitrogen and oxygen atoms in total. The summed E-state index contributed by atoms with van der Waals surface area (Å²) >= 11 is 0. The second kappa shape index (κ2) is 7.70. The second-order valence-electron chi connectivity index (χ2n) is 7.10. The van der Waals surface area contributed by atoms with E-state index in [-0.39, 0.29) is 5.97 Å². The van der Waals surface area contributed by atoms with Crippen molar-refractivity contribution in [1.29, 1.82) is 0 Å². The Bertz CT molecular complexity index is 758. The van der Waals surface area contributed by atoms with Gasteiger partial charge in [0.05, 0.1) is 5.69 Å². The van der Waals surface area contributed by atoms with E-state index in [1.54, 1.807) is 0 Å². The molecule has 0 aliphatic carbocycles. The van der Waals surface area contributed by atoms with E-state index in [2.05, 4.69) is 4.98 Å². The second-order valence-corrected chi connectivity index (χ2v) is 7.10. The van der Waals surface area contributed by atoms with Crippen molar-refractivity contribution in [1.82, 2.24) is 4.98 Å². The maximum Gasteiger partial charge on any atom is 0.323 e. The number of ether oxygens (including phenoxy) is 2. The van der Waals surface area contributed by atoms with Gasteiger partial charge in [-0.3, -0.25) is 9.59 Å². The van der Waals surface area contributed by atoms with Crippen LogP contribution in [0, 0.1) is 0 Å². The minimum Gasteiger partial charge on any atom is -0.459 e. The number of nitrogens with one attached hydrogen (secondary N) is 1. The van der Waals surface area contributed by atoms with Crippen LogP contribution in [0.4, 0.5) is 0 Å². The molecule has 1 aromatic carbocycles. The van der Waals surface area contributed by atoms with E-state index in [1.165, 1.54) is 6.92 Å². The molecular weight excluding hydrogens is 320 g/mol. The quantitative estimate of drug-likeness (QED) is 0.784. The number of aryl methyl sites for hydroxylation is 1. The summed E-state index contributed by atoms with van der Waals surface area (Å²) in [6, 6.07) is 6.98. The molecule has 2 rings (SSSR count). The summed E-state index contributed by atoms with van der Waals surface area (Å²) in [5.74, 6) is -0.213. The molecule has 0 radical (unpaired) electrons. The van der Waals surface area contributed by atoms with Gasteiger partial charge in [0.2, 0.25) is 0 Å². The average Bonchev–Trinajstić information content (AvgIpc) is 2.83. The topological polar surface area (TPSA) is 94.4 Å². The average molecular weight is 346 g/mol. The number of hydrogen-bond donors (Lipinski definition) is 2. The largest absolute Gasteiger partial charge is 0.459 e. The molecule has 0 spiro atoms. The number of carbonyl (C=O) groups is 2. The number of benzene rings is 1. The molecule has 6 heteroatoms. The number of aromatic nitrogens is 1. The van der Waals surface area contributed by atoms with Crippen molar-refractivity contribution >= 4 is 22.8 Å². The molecule has 0 saturated heterocycles. The van der Waals surface area contributed by atoms with Crippen LogP contribution < -0.4 is 10.5 Å². The fraction of sp³-hybridized carbons (Fsp3) is 0.474. The van der Waals surface area contributed by atoms with Crippen molar-refractivity contribution in [2.45, 2.75) is 58.6 Å². The first-order valence-corrected chi connectivity index (χ1v) is 8.44. The van der Waals surface area contributed by atoms with Crippen LogP contribution in [0.15, 0.2) is 24.3 Å². The standard InChI is InChI=1S/C19H26N2O4/c1-12(22)24-17-13-8-5-6-10-15(13)21-16(17)11-7-9-14(20)18(23)25-19(2,3)4/h5-6,8,10,14,21H,7,9,11,20H2,1-4H3. The molecular formula is C19H26N2O4. The minimum absolute atomic E-state index is 0.364. The molecule has 0 aliphatic rings. The predicted molar refractivity (Wildman–Crippen MR) is 96.4 cm³/mol. The molecule has 2 aromatic rings. The number of fused-ring (bicyclic) bond motifs is 1. The summed E-state index contributed by atoms with van der Waals surface area (Å²) in [7, 11) is 0. The molecule has 0 saturated carbocycles. The number of nitrogens with two attached hydrogens (primary N) is 1. The number of H-pyrrole nitrogens is 1. The Balaban J connectivity index is 2.03. The van der Waals surface area contributed by atoms with Crippen molar-refractivity contribution < 1.29 is 19.1 Å². The highest BCUT2D eigenvalue weighted by Gasteiger charge is 2.22. The zero-order chi connectivity index (χ0) is 18.6. The summed E-state index contributed by atoms with van der Waals surface area (Å²) < 4.78 is 10.7. The van der Waals surface area contributed by atoms with Gasteiger partial charge in [-0.1, -0.05) is 12.1 Å². The van der Waals surface area contributed by atoms with Crippen molar-refractivity contribution in [3.63, 3.8) is 0 Å². The predicted octanol–water partition coefficient (Wildman–Crippen LogP) is 3.08. The lowest BCUT2D eigenvalue weighted by atomic mass is 10.1. The van der Waals surface area contributed by atoms with Gasteiger partial charge in [0.1, 0.15) is 11.6 Å². The Morgan fingerprint density at radius 2 is 1.92 bits per heavy atom. The van der Waals surface area contributed by atoms with Gasteiger partial charge in [0.25, 0.3) is 0 Å². The van der Waals surface area contributed by atoms with E-state index in [1.807, 2.05) is 45.0 Å². The lowest BCUT2D eigenvalue weighted by molar-refractivity contribution is -0.156. The maximum absolute atomic E-state index is 11.9. The number of esters is 2. The SMILES string of the molecule is CC(=O)Oc1c(CCCC(N)C(=O)OC(C)(C)C)[nH]c2ccccc12. The summed E-state index contributed by atoms with van der Waals surface area (Å²) in [6.07, 6.45) is 1.78. The normalized spacial score (nSPS) is 12.8. The molecule has 1 heterocycles. The molecule has 136 valence electrons. The van der Waals surface area contributed by atoms with Gasteiger partial charge in [-0.05, 0) is 52.2 Å². The molecule has 0 fully saturated rings. The molecule has 0 amide bonds. The van der Waals surface area contributed by atoms with Gasteiger partial charge in [0, 0.05) is 17.8 Å². The van der Waals surface area contributed by atoms with Crippen LogP contribution in [-0.4, -0.2) is 28.6 Å². The smallest absolute Gasteiger partial charge is 0.323 e. The third-order valence-electron chi connectivity index (χ3n) is 3.63. The lowest BCUT2D eigenvalue weighted by Gasteiger charge is -2.22. The maximum atomic E-state index is 11.9. The van der Waals surface area contributed by atoms with Gasteiger partial charge >= 0.3 is 11.9 Å². The summed E-state index contributed by atoms with van der Waals surface area (Å²) in [6.45, 7) is 6.82. The molecule has 0 aliphatic heterocycles. The van der Waals surface area contributed by atoms with E-state index in [0.29, 0.717) is 25.0 Å². The highest BCUT2D eigenvalue weighted by molar-refractivity contribution is 5.90. The van der Waals surface area contributed by atoms with Crippen LogP contribution >= 0.6 is 0 Å². The van der Waals surface area contributed by atoms with Gasteiger partial charge in [-0.2, -0.15) is 0 Å². The summed E-state index contributed by atoms with van der Waals surface area (Å²) in [5, 5.41) is 0.865. The molecule has 0 bridgehead atoms. The Kier molecular flexibility index (Phi) is 5.85. The van der Waals surface area contributed by atoms with Crippen molar-refractivity contribution in [3.8, 4) is 5.75 Å². The minimum atomic E-state index is -0.666. The Morgan fingerprint density at radius 3 is 2.56 bits per heavy atom. The third kappa shape index (κ3) is 5.32. The Hall–Kier alpha value is -2.34. The fourth-order valence-electron chi connectivity index (χ4n) is 2.60. The first-order valence-electron chi connectivity index (χ1n) is 8.44. The highest BCUT2D eigenvalue weighted by Crippen LogP contribution is 2.31. The van der Waals surface area contributed by atoms with Gasteiger partial charge < -0.3 is 20.2 Å². The molecule has 25 heavy (non-hydrogen) atoms. The van der Waals surface area contributed by atoms with Crippen LogP contribution in [0.5, 0.6) is 5.75 Å². The fourth-order valence-corrected chi connectivity index (χ4v) is 2.60. The summed E-state index contributed by atoms with van der Waals surface area (Å²) in [4.78, 5) is 26.6. The van der Waals surface area contributed by atoms with E-state index < -0.39 is 17.6 Å². The van der Waals surface area contributed by atoms with Crippen LogP contribution in [-0.2, 0) is 20.7 Å². The Morgan fingerprint density at radius 1 is 1.24 bits per heavy atom. The number of aromatic amines is 1. The number of para-hydroxylation sites is 1. The first-order chi connectivity index (χ1) is 11.7. The molecule has 1 unspecified atom stereocenters. The first kappa shape index (κ1) is 19.0. The zero-order valence-corrected chi connectivity index (χ0v) is 15.2. The van der Waals surface area contributed by atoms with Crippen LogP contribution in [0.2, 0.25) is 0 Å². The molecule has 1 aromatic heterocycles. The lowest BCUT2D eigenvalue weighted by Crippen LogP contribution is -2.37. The van der Waals surface area contributed by atoms with Crippen molar-refractivity contribution in [2.75, 3.05) is 0 Å². The van der Waals surface area contributed by atoms with E-state index in [9.17, 15) is 9.59 Å². The van der Waals surface area contributed by atoms with Crippen LogP contribution in [0.25, 0.3) is 10.9 Å². The third-order valence-corrected chi connectivity index (χ3v) is 3.63. The molecule has 3 N–H and O–H groups in total. The Labute approximate surface area is 147 Å². The van der Waals surface area contributed by atoms with Crippen LogP contribution in [0.3, 0.4) is 0 Å². The van der Waals surface area contributed by atoms with Crippen molar-refractivity contribution in [3.05, 3.63) is 30.0 Å². The number of rotatable bonds is 6. The van der Waals surface area contributed by atoms with Crippen molar-refractivity contribution in [2.24, 2.45) is 5.73 Å². The monoisotopic (exact) mass is 346 g/mol. The highest BCUT2D eigenvalue weighted by atomic mass is 16.6. The van der Waals surface area contributed by atoms with Gasteiger partial charge in [-0.25, -0.2) is 0 Å².